The lowest BCUT2D eigenvalue weighted by Gasteiger charge is -2.49. The smallest absolute Gasteiger partial charge is 0.337 e. The minimum Gasteiger partial charge on any atom is -0.493 e. The Morgan fingerprint density at radius 3 is 2.27 bits per heavy atom. The zero-order valence-corrected chi connectivity index (χ0v) is 27.3. The third-order valence-corrected chi connectivity index (χ3v) is 9.14. The molecule has 5 rings (SSSR count). The molecule has 2 aromatic carbocycles. The van der Waals surface area contributed by atoms with Gasteiger partial charge in [0.05, 0.1) is 30.2 Å². The van der Waals surface area contributed by atoms with Crippen LogP contribution in [0.2, 0.25) is 0 Å². The van der Waals surface area contributed by atoms with Crippen molar-refractivity contribution in [2.24, 2.45) is 5.41 Å². The van der Waals surface area contributed by atoms with Crippen LogP contribution in [0, 0.1) is 18.2 Å². The highest BCUT2D eigenvalue weighted by atomic mass is 19.1. The third-order valence-electron chi connectivity index (χ3n) is 9.14. The number of anilines is 1. The Bertz CT molecular complexity index is 1450. The van der Waals surface area contributed by atoms with E-state index >= 15 is 0 Å². The van der Waals surface area contributed by atoms with E-state index in [-0.39, 0.29) is 5.82 Å². The van der Waals surface area contributed by atoms with E-state index in [1.165, 1.54) is 31.4 Å². The van der Waals surface area contributed by atoms with E-state index in [1.54, 1.807) is 12.1 Å². The summed E-state index contributed by atoms with van der Waals surface area (Å²) < 4.78 is 31.5. The number of piperidine rings is 1. The summed E-state index contributed by atoms with van der Waals surface area (Å²) in [6.07, 6.45) is 5.51. The molecule has 7 nitrogen and oxygen atoms in total. The molecular weight excluding hydrogens is 571 g/mol. The molecule has 1 saturated heterocycles. The number of hydrogen-bond acceptors (Lipinski definition) is 6. The van der Waals surface area contributed by atoms with Gasteiger partial charge in [0.15, 0.2) is 6.10 Å². The topological polar surface area (TPSA) is 81.1 Å². The molecule has 0 unspecified atom stereocenters. The molecule has 0 bridgehead atoms. The minimum atomic E-state index is -1.18. The molecular formula is C37H47FN2O5. The number of nitrogens with zero attached hydrogens (tertiary/aromatic N) is 2. The molecule has 1 saturated carbocycles. The van der Waals surface area contributed by atoms with Crippen LogP contribution in [0.1, 0.15) is 88.4 Å². The quantitative estimate of drug-likeness (QED) is 0.220. The van der Waals surface area contributed by atoms with Gasteiger partial charge in [0, 0.05) is 42.9 Å². The number of rotatable bonds is 12. The van der Waals surface area contributed by atoms with Gasteiger partial charge in [0.1, 0.15) is 11.6 Å². The van der Waals surface area contributed by atoms with Crippen LogP contribution in [0.15, 0.2) is 48.5 Å². The summed E-state index contributed by atoms with van der Waals surface area (Å²) in [4.78, 5) is 20.2. The first-order valence-corrected chi connectivity index (χ1v) is 16.2. The summed E-state index contributed by atoms with van der Waals surface area (Å²) in [5.74, 6) is -0.561. The van der Waals surface area contributed by atoms with Gasteiger partial charge in [-0.2, -0.15) is 0 Å². The van der Waals surface area contributed by atoms with Crippen molar-refractivity contribution in [3.63, 3.8) is 0 Å². The Kier molecular flexibility index (Phi) is 10.1. The molecule has 1 atom stereocenters. The number of aromatic nitrogens is 1. The van der Waals surface area contributed by atoms with E-state index in [0.717, 1.165) is 59.8 Å². The molecule has 3 aromatic rings. The van der Waals surface area contributed by atoms with Gasteiger partial charge >= 0.3 is 5.97 Å². The highest BCUT2D eigenvalue weighted by Gasteiger charge is 2.42. The highest BCUT2D eigenvalue weighted by Crippen LogP contribution is 2.51. The molecule has 8 heteroatoms. The fraction of sp³-hybridized carbons (Fsp3) is 0.514. The van der Waals surface area contributed by atoms with E-state index in [4.69, 9.17) is 19.2 Å². The van der Waals surface area contributed by atoms with Gasteiger partial charge in [-0.1, -0.05) is 30.7 Å². The van der Waals surface area contributed by atoms with Crippen molar-refractivity contribution in [1.82, 2.24) is 4.98 Å². The Labute approximate surface area is 266 Å². The lowest BCUT2D eigenvalue weighted by molar-refractivity contribution is -0.160. The molecule has 0 radical (unpaired) electrons. The van der Waals surface area contributed by atoms with Gasteiger partial charge in [-0.3, -0.25) is 4.98 Å². The van der Waals surface area contributed by atoms with Crippen molar-refractivity contribution in [3.8, 4) is 16.9 Å². The van der Waals surface area contributed by atoms with Crippen LogP contribution in [-0.4, -0.2) is 48.0 Å². The lowest BCUT2D eigenvalue weighted by Crippen LogP contribution is -2.44. The predicted octanol–water partition coefficient (Wildman–Crippen LogP) is 8.07. The van der Waals surface area contributed by atoms with Crippen LogP contribution in [0.3, 0.4) is 0 Å². The maximum atomic E-state index is 13.3. The van der Waals surface area contributed by atoms with Crippen LogP contribution in [0.25, 0.3) is 11.1 Å². The molecule has 2 fully saturated rings. The van der Waals surface area contributed by atoms with Crippen molar-refractivity contribution in [3.05, 3.63) is 76.9 Å². The second kappa shape index (κ2) is 13.9. The van der Waals surface area contributed by atoms with E-state index in [1.807, 2.05) is 58.9 Å². The Balaban J connectivity index is 1.55. The van der Waals surface area contributed by atoms with E-state index in [0.29, 0.717) is 42.9 Å². The molecule has 242 valence electrons. The summed E-state index contributed by atoms with van der Waals surface area (Å²) in [6, 6.07) is 14.4. The summed E-state index contributed by atoms with van der Waals surface area (Å²) in [5.41, 5.74) is 5.47. The van der Waals surface area contributed by atoms with Crippen LogP contribution < -0.4 is 9.64 Å². The lowest BCUT2D eigenvalue weighted by atomic mass is 9.63. The Morgan fingerprint density at radius 2 is 1.71 bits per heavy atom. The molecule has 2 aliphatic rings. The van der Waals surface area contributed by atoms with Crippen molar-refractivity contribution in [1.29, 1.82) is 0 Å². The third kappa shape index (κ3) is 7.85. The van der Waals surface area contributed by atoms with E-state index < -0.39 is 17.7 Å². The monoisotopic (exact) mass is 618 g/mol. The fourth-order valence-electron chi connectivity index (χ4n) is 6.63. The number of aryl methyl sites for hydroxylation is 1. The zero-order chi connectivity index (χ0) is 32.2. The number of aliphatic carboxylic acids is 1. The first-order chi connectivity index (χ1) is 21.5. The minimum absolute atomic E-state index is 0.251. The van der Waals surface area contributed by atoms with Gasteiger partial charge < -0.3 is 24.2 Å². The summed E-state index contributed by atoms with van der Waals surface area (Å²) >= 11 is 0. The number of carboxylic acid groups (broad SMARTS) is 1. The second-order valence-corrected chi connectivity index (χ2v) is 13.5. The summed E-state index contributed by atoms with van der Waals surface area (Å²) in [5, 5.41) is 10.5. The van der Waals surface area contributed by atoms with Crippen molar-refractivity contribution < 1.29 is 28.5 Å². The van der Waals surface area contributed by atoms with Crippen molar-refractivity contribution in [2.45, 2.75) is 91.5 Å². The van der Waals surface area contributed by atoms with Crippen molar-refractivity contribution >= 4 is 11.7 Å². The maximum absolute atomic E-state index is 13.3. The standard InChI is InChI=1S/C37H47FN2O5/c1-6-43-24-30-32(27-10-14-29(15-11-27)44-23-16-26-8-12-28(38)13-9-26)33(40-21-19-37(20-22-40)17-7-18-37)31(25(2)39-30)34(35(41)42)45-36(3,4)5/h8-15,34H,6-7,16-24H2,1-5H3,(H,41,42)/t34-/m0/s1. The average Bonchev–Trinajstić information content (AvgIpc) is 2.99. The van der Waals surface area contributed by atoms with Crippen LogP contribution in [0.5, 0.6) is 5.75 Å². The molecule has 45 heavy (non-hydrogen) atoms. The number of hydrogen-bond donors (Lipinski definition) is 1. The average molecular weight is 619 g/mol. The molecule has 1 N–H and O–H groups in total. The van der Waals surface area contributed by atoms with Gasteiger partial charge in [-0.25, -0.2) is 9.18 Å². The van der Waals surface area contributed by atoms with Crippen LogP contribution >= 0.6 is 0 Å². The van der Waals surface area contributed by atoms with Gasteiger partial charge in [-0.15, -0.1) is 0 Å². The van der Waals surface area contributed by atoms with Gasteiger partial charge in [-0.05, 0) is 101 Å². The number of benzene rings is 2. The largest absolute Gasteiger partial charge is 0.493 e. The SMILES string of the molecule is CCOCc1nc(C)c([C@H](OC(C)(C)C)C(=O)O)c(N2CCC3(CCC3)CC2)c1-c1ccc(OCCc2ccc(F)cc2)cc1. The zero-order valence-electron chi connectivity index (χ0n) is 27.3. The Morgan fingerprint density at radius 1 is 1.04 bits per heavy atom. The summed E-state index contributed by atoms with van der Waals surface area (Å²) in [6.45, 7) is 12.5. The van der Waals surface area contributed by atoms with E-state index in [2.05, 4.69) is 4.90 Å². The number of pyridine rings is 1. The van der Waals surface area contributed by atoms with Crippen LogP contribution in [0.4, 0.5) is 10.1 Å². The predicted molar refractivity (Wildman–Crippen MR) is 174 cm³/mol. The number of carboxylic acids is 1. The highest BCUT2D eigenvalue weighted by molar-refractivity contribution is 5.88. The molecule has 1 aromatic heterocycles. The van der Waals surface area contributed by atoms with Crippen LogP contribution in [-0.2, 0) is 27.3 Å². The summed E-state index contributed by atoms with van der Waals surface area (Å²) in [7, 11) is 0. The Hall–Kier alpha value is -3.49. The maximum Gasteiger partial charge on any atom is 0.337 e. The fourth-order valence-corrected chi connectivity index (χ4v) is 6.63. The normalized spacial score (nSPS) is 16.8. The number of ether oxygens (including phenoxy) is 3. The number of halogens is 1. The first kappa shape index (κ1) is 32.9. The second-order valence-electron chi connectivity index (χ2n) is 13.5. The number of carbonyl (C=O) groups is 1. The molecule has 1 aliphatic heterocycles. The van der Waals surface area contributed by atoms with Gasteiger partial charge in [0.2, 0.25) is 0 Å². The first-order valence-electron chi connectivity index (χ1n) is 16.2. The van der Waals surface area contributed by atoms with Gasteiger partial charge in [0.25, 0.3) is 0 Å². The molecule has 0 amide bonds. The van der Waals surface area contributed by atoms with Crippen molar-refractivity contribution in [2.75, 3.05) is 31.2 Å². The molecule has 1 aliphatic carbocycles. The van der Waals surface area contributed by atoms with E-state index in [9.17, 15) is 14.3 Å². The molecule has 1 spiro atoms. The molecule has 2 heterocycles.